The number of fused-ring (bicyclic) bond motifs is 1. The monoisotopic (exact) mass is 393 g/mol. The maximum Gasteiger partial charge on any atom is 0.237 e. The van der Waals surface area contributed by atoms with E-state index in [1.807, 2.05) is 6.92 Å². The van der Waals surface area contributed by atoms with E-state index in [2.05, 4.69) is 58.0 Å². The molecule has 1 heterocycles. The zero-order valence-electron chi connectivity index (χ0n) is 17.7. The van der Waals surface area contributed by atoms with Gasteiger partial charge in [0.25, 0.3) is 0 Å². The van der Waals surface area contributed by atoms with Crippen LogP contribution in [0.3, 0.4) is 0 Å². The quantitative estimate of drug-likeness (QED) is 0.722. The number of carbonyl (C=O) groups excluding carboxylic acids is 1. The lowest BCUT2D eigenvalue weighted by Crippen LogP contribution is -2.42. The molecule has 2 N–H and O–H groups in total. The number of hydrogen-bond acceptors (Lipinski definition) is 3. The summed E-state index contributed by atoms with van der Waals surface area (Å²) in [7, 11) is 0. The molecule has 2 aliphatic rings. The fourth-order valence-corrected chi connectivity index (χ4v) is 5.19. The van der Waals surface area contributed by atoms with Crippen molar-refractivity contribution in [2.45, 2.75) is 76.5 Å². The molecule has 1 saturated carbocycles. The average molecular weight is 394 g/mol. The van der Waals surface area contributed by atoms with Gasteiger partial charge in [-0.25, -0.2) is 0 Å². The van der Waals surface area contributed by atoms with E-state index in [1.54, 1.807) is 0 Å². The Morgan fingerprint density at radius 1 is 1.00 bits per heavy atom. The van der Waals surface area contributed by atoms with Crippen LogP contribution in [0.1, 0.15) is 57.4 Å². The van der Waals surface area contributed by atoms with Crippen molar-refractivity contribution < 1.29 is 4.79 Å². The molecule has 156 valence electrons. The highest BCUT2D eigenvalue weighted by Crippen LogP contribution is 2.27. The lowest BCUT2D eigenvalue weighted by molar-refractivity contribution is -0.125. The van der Waals surface area contributed by atoms with Gasteiger partial charge in [0.15, 0.2) is 0 Å². The Bertz CT molecular complexity index is 807. The Labute approximate surface area is 175 Å². The maximum atomic E-state index is 12.8. The highest BCUT2D eigenvalue weighted by molar-refractivity contribution is 5.86. The van der Waals surface area contributed by atoms with Crippen LogP contribution in [0.2, 0.25) is 0 Å². The summed E-state index contributed by atoms with van der Waals surface area (Å²) in [5, 5.41) is 9.55. The predicted molar refractivity (Wildman–Crippen MR) is 120 cm³/mol. The van der Waals surface area contributed by atoms with Crippen molar-refractivity contribution in [3.05, 3.63) is 48.0 Å². The molecular formula is C25H35N3O. The van der Waals surface area contributed by atoms with Crippen LogP contribution in [0, 0.1) is 0 Å². The summed E-state index contributed by atoms with van der Waals surface area (Å²) in [6.07, 6.45) is 8.90. The van der Waals surface area contributed by atoms with E-state index in [0.717, 1.165) is 19.5 Å². The van der Waals surface area contributed by atoms with Gasteiger partial charge in [0, 0.05) is 31.7 Å². The minimum Gasteiger partial charge on any atom is -0.355 e. The fourth-order valence-electron chi connectivity index (χ4n) is 5.19. The fraction of sp³-hybridized carbons (Fsp3) is 0.560. The second kappa shape index (κ2) is 9.73. The Morgan fingerprint density at radius 3 is 2.55 bits per heavy atom. The van der Waals surface area contributed by atoms with Crippen molar-refractivity contribution in [2.75, 3.05) is 13.1 Å². The molecule has 1 saturated heterocycles. The summed E-state index contributed by atoms with van der Waals surface area (Å²) in [6, 6.07) is 16.1. The molecule has 2 atom stereocenters. The third kappa shape index (κ3) is 4.99. The third-order valence-corrected chi connectivity index (χ3v) is 6.64. The zero-order valence-corrected chi connectivity index (χ0v) is 17.7. The van der Waals surface area contributed by atoms with Gasteiger partial charge in [0.05, 0.1) is 6.04 Å². The molecule has 0 spiro atoms. The molecule has 0 unspecified atom stereocenters. The Hall–Kier alpha value is -1.91. The molecule has 4 rings (SSSR count). The van der Waals surface area contributed by atoms with Crippen molar-refractivity contribution in [3.63, 3.8) is 0 Å². The van der Waals surface area contributed by atoms with Gasteiger partial charge in [-0.05, 0) is 42.5 Å². The van der Waals surface area contributed by atoms with E-state index in [-0.39, 0.29) is 11.9 Å². The van der Waals surface area contributed by atoms with Gasteiger partial charge < -0.3 is 10.6 Å². The molecule has 2 aromatic rings. The van der Waals surface area contributed by atoms with Crippen LogP contribution in [-0.2, 0) is 11.3 Å². The van der Waals surface area contributed by atoms with Crippen molar-refractivity contribution >= 4 is 16.7 Å². The van der Waals surface area contributed by atoms with Crippen molar-refractivity contribution in [1.82, 2.24) is 15.5 Å². The van der Waals surface area contributed by atoms with Crippen LogP contribution in [0.15, 0.2) is 42.5 Å². The number of rotatable bonds is 6. The van der Waals surface area contributed by atoms with Crippen LogP contribution in [0.5, 0.6) is 0 Å². The molecule has 4 heteroatoms. The van der Waals surface area contributed by atoms with Crippen molar-refractivity contribution in [3.8, 4) is 0 Å². The van der Waals surface area contributed by atoms with Crippen LogP contribution < -0.4 is 10.6 Å². The van der Waals surface area contributed by atoms with Gasteiger partial charge >= 0.3 is 0 Å². The number of likely N-dealkylation sites (tertiary alicyclic amines) is 1. The normalized spacial score (nSPS) is 23.9. The molecule has 0 bridgehead atoms. The second-order valence-corrected chi connectivity index (χ2v) is 8.77. The smallest absolute Gasteiger partial charge is 0.237 e. The number of nitrogens with one attached hydrogen (secondary N) is 2. The van der Waals surface area contributed by atoms with Crippen molar-refractivity contribution in [1.29, 1.82) is 0 Å². The van der Waals surface area contributed by atoms with E-state index < -0.39 is 0 Å². The minimum atomic E-state index is -0.0443. The molecule has 1 aliphatic carbocycles. The topological polar surface area (TPSA) is 44.4 Å². The second-order valence-electron chi connectivity index (χ2n) is 8.77. The van der Waals surface area contributed by atoms with Crippen LogP contribution >= 0.6 is 0 Å². The average Bonchev–Trinajstić information content (AvgIpc) is 2.94. The zero-order chi connectivity index (χ0) is 20.1. The Morgan fingerprint density at radius 2 is 1.76 bits per heavy atom. The molecule has 2 aromatic carbocycles. The predicted octanol–water partition coefficient (Wildman–Crippen LogP) is 4.23. The summed E-state index contributed by atoms with van der Waals surface area (Å²) >= 11 is 0. The largest absolute Gasteiger partial charge is 0.355 e. The molecule has 4 nitrogen and oxygen atoms in total. The molecular weight excluding hydrogens is 358 g/mol. The first-order valence-corrected chi connectivity index (χ1v) is 11.5. The standard InChI is InChI=1S/C25H35N3O/c1-2-26-25(29)24-16-22(27-21-13-5-3-4-6-14-21)18-28(24)17-20-12-9-11-19-10-7-8-15-23(19)20/h7-12,15,21-22,24,27H,2-6,13-14,16-18H2,1H3,(H,26,29)/t22-,24-/m0/s1. The number of nitrogens with zero attached hydrogens (tertiary/aromatic N) is 1. The van der Waals surface area contributed by atoms with Gasteiger partial charge in [0.2, 0.25) is 5.91 Å². The molecule has 1 aliphatic heterocycles. The summed E-state index contributed by atoms with van der Waals surface area (Å²) in [4.78, 5) is 15.2. The molecule has 0 aromatic heterocycles. The third-order valence-electron chi connectivity index (χ3n) is 6.64. The van der Waals surface area contributed by atoms with Gasteiger partial charge in [-0.15, -0.1) is 0 Å². The number of benzene rings is 2. The summed E-state index contributed by atoms with van der Waals surface area (Å²) in [6.45, 7) is 4.47. The van der Waals surface area contributed by atoms with E-state index in [9.17, 15) is 4.79 Å². The summed E-state index contributed by atoms with van der Waals surface area (Å²) in [5.74, 6) is 0.179. The van der Waals surface area contributed by atoms with Gasteiger partial charge in [0.1, 0.15) is 0 Å². The molecule has 2 fully saturated rings. The summed E-state index contributed by atoms with van der Waals surface area (Å²) in [5.41, 5.74) is 1.31. The maximum absolute atomic E-state index is 12.8. The molecule has 0 radical (unpaired) electrons. The van der Waals surface area contributed by atoms with Gasteiger partial charge in [-0.3, -0.25) is 9.69 Å². The van der Waals surface area contributed by atoms with E-state index in [1.165, 1.54) is 54.9 Å². The first-order valence-electron chi connectivity index (χ1n) is 11.5. The first kappa shape index (κ1) is 20.4. The Kier molecular flexibility index (Phi) is 6.83. The van der Waals surface area contributed by atoms with Crippen LogP contribution in [-0.4, -0.2) is 42.0 Å². The minimum absolute atomic E-state index is 0.0443. The molecule has 29 heavy (non-hydrogen) atoms. The van der Waals surface area contributed by atoms with Crippen LogP contribution in [0.4, 0.5) is 0 Å². The van der Waals surface area contributed by atoms with Crippen molar-refractivity contribution in [2.24, 2.45) is 0 Å². The van der Waals surface area contributed by atoms with E-state index >= 15 is 0 Å². The number of amides is 1. The first-order chi connectivity index (χ1) is 14.2. The number of hydrogen-bond donors (Lipinski definition) is 2. The number of likely N-dealkylation sites (N-methyl/N-ethyl adjacent to an activating group) is 1. The number of carbonyl (C=O) groups is 1. The van der Waals surface area contributed by atoms with E-state index in [0.29, 0.717) is 18.6 Å². The Balaban J connectivity index is 1.50. The SMILES string of the molecule is CCNC(=O)[C@@H]1C[C@H](NC2CCCCCC2)CN1Cc1cccc2ccccc12. The van der Waals surface area contributed by atoms with Crippen LogP contribution in [0.25, 0.3) is 10.8 Å². The lowest BCUT2D eigenvalue weighted by atomic mass is 10.0. The van der Waals surface area contributed by atoms with Gasteiger partial charge in [-0.1, -0.05) is 68.1 Å². The van der Waals surface area contributed by atoms with E-state index in [4.69, 9.17) is 0 Å². The lowest BCUT2D eigenvalue weighted by Gasteiger charge is -2.24. The van der Waals surface area contributed by atoms with Gasteiger partial charge in [-0.2, -0.15) is 0 Å². The highest BCUT2D eigenvalue weighted by atomic mass is 16.2. The summed E-state index contributed by atoms with van der Waals surface area (Å²) < 4.78 is 0. The highest BCUT2D eigenvalue weighted by Gasteiger charge is 2.37. The molecule has 1 amide bonds.